The number of fused-ring (bicyclic) bond motifs is 6. The van der Waals surface area contributed by atoms with Crippen molar-refractivity contribution in [1.29, 1.82) is 0 Å². The minimum atomic E-state index is -0.562. The third-order valence-corrected chi connectivity index (χ3v) is 9.73. The first-order valence-corrected chi connectivity index (χ1v) is 20.8. The van der Waals surface area contributed by atoms with Gasteiger partial charge < -0.3 is 33.6 Å². The molecule has 4 aromatic heterocycles. The van der Waals surface area contributed by atoms with Crippen molar-refractivity contribution < 1.29 is 25.2 Å². The van der Waals surface area contributed by atoms with Gasteiger partial charge >= 0.3 is 12.2 Å². The predicted molar refractivity (Wildman–Crippen MR) is 241 cm³/mol. The minimum absolute atomic E-state index is 0. The van der Waals surface area contributed by atoms with Crippen LogP contribution in [0.3, 0.4) is 0 Å². The zero-order valence-electron chi connectivity index (χ0n) is 35.9. The van der Waals surface area contributed by atoms with Crippen LogP contribution >= 0.6 is 31.9 Å². The summed E-state index contributed by atoms with van der Waals surface area (Å²) in [5.74, 6) is 1.55. The van der Waals surface area contributed by atoms with Gasteiger partial charge in [-0.2, -0.15) is 4.73 Å². The number of benzene rings is 2. The summed E-state index contributed by atoms with van der Waals surface area (Å²) in [5.41, 5.74) is 3.79. The zero-order valence-corrected chi connectivity index (χ0v) is 38.1. The Morgan fingerprint density at radius 1 is 0.776 bits per heavy atom. The lowest BCUT2D eigenvalue weighted by molar-refractivity contribution is -0.575. The number of aryl methyl sites for hydroxylation is 2. The van der Waals surface area contributed by atoms with E-state index in [1.807, 2.05) is 86.6 Å². The van der Waals surface area contributed by atoms with Gasteiger partial charge in [-0.1, -0.05) is 53.1 Å². The maximum Gasteiger partial charge on any atom is 0.410 e. The first-order valence-electron chi connectivity index (χ1n) is 19.9. The van der Waals surface area contributed by atoms with Crippen LogP contribution in [0, 0.1) is 5.21 Å². The van der Waals surface area contributed by atoms with Crippen LogP contribution in [-0.2, 0) is 35.7 Å². The Labute approximate surface area is 361 Å². The number of imidazole rings is 2. The van der Waals surface area contributed by atoms with Crippen LogP contribution in [0.4, 0.5) is 9.59 Å². The van der Waals surface area contributed by atoms with Gasteiger partial charge in [-0.25, -0.2) is 19.6 Å². The molecule has 0 aliphatic carbocycles. The fourth-order valence-electron chi connectivity index (χ4n) is 6.32. The molecule has 4 heterocycles. The van der Waals surface area contributed by atoms with Gasteiger partial charge in [-0.15, -0.1) is 0 Å². The molecule has 15 heteroatoms. The van der Waals surface area contributed by atoms with Crippen LogP contribution in [0.25, 0.3) is 43.9 Å². The summed E-state index contributed by atoms with van der Waals surface area (Å²) in [4.78, 5) is 42.3. The topological polar surface area (TPSA) is 135 Å². The summed E-state index contributed by atoms with van der Waals surface area (Å²) in [6.07, 6.45) is 2.58. The lowest BCUT2D eigenvalue weighted by Gasteiger charge is -2.26. The minimum Gasteiger partial charge on any atom is -0.618 e. The van der Waals surface area contributed by atoms with E-state index in [-0.39, 0.29) is 19.6 Å². The van der Waals surface area contributed by atoms with Crippen molar-refractivity contribution in [2.45, 2.75) is 128 Å². The summed E-state index contributed by atoms with van der Waals surface area (Å²) < 4.78 is 24.1. The van der Waals surface area contributed by atoms with Gasteiger partial charge in [0, 0.05) is 47.9 Å². The molecule has 0 atom stereocenters. The molecule has 6 rings (SSSR count). The van der Waals surface area contributed by atoms with E-state index in [9.17, 15) is 14.8 Å². The maximum atomic E-state index is 12.5. The first kappa shape index (κ1) is 46.2. The van der Waals surface area contributed by atoms with Crippen molar-refractivity contribution in [3.8, 4) is 0 Å². The Bertz CT molecular complexity index is 2390. The number of hydrogen-bond acceptors (Lipinski definition) is 8. The van der Waals surface area contributed by atoms with E-state index in [2.05, 4.69) is 64.0 Å². The zero-order chi connectivity index (χ0) is 43.1. The number of rotatable bonds is 8. The van der Waals surface area contributed by atoms with Crippen LogP contribution in [0.2, 0.25) is 0 Å². The van der Waals surface area contributed by atoms with E-state index in [1.165, 1.54) is 6.20 Å². The van der Waals surface area contributed by atoms with Crippen molar-refractivity contribution >= 4 is 87.9 Å². The molecule has 13 nitrogen and oxygen atoms in total. The van der Waals surface area contributed by atoms with Gasteiger partial charge in [0.1, 0.15) is 28.4 Å². The van der Waals surface area contributed by atoms with Gasteiger partial charge in [0.05, 0.1) is 41.2 Å². The Morgan fingerprint density at radius 2 is 1.22 bits per heavy atom. The van der Waals surface area contributed by atoms with Crippen LogP contribution < -0.4 is 4.73 Å². The molecule has 0 aliphatic rings. The normalized spacial score (nSPS) is 11.6. The van der Waals surface area contributed by atoms with Crippen LogP contribution in [-0.4, -0.2) is 70.4 Å². The molecule has 0 radical (unpaired) electrons. The van der Waals surface area contributed by atoms with Gasteiger partial charge in [0.15, 0.2) is 5.52 Å². The third kappa shape index (κ3) is 11.2. The van der Waals surface area contributed by atoms with Crippen molar-refractivity contribution in [3.63, 3.8) is 0 Å². The SMILES string of the molecule is C.CCN(Cc1nc2c[n+]([O-])c3cc(Br)ccc3c2n1CC)C(=O)OC(C)(C)C.CCN(Cc1nc2cnc3cc(Br)ccc3c2n1CC)C(=O)OC(C)(C)C.[2H]CC. The highest BCUT2D eigenvalue weighted by Crippen LogP contribution is 2.29. The summed E-state index contributed by atoms with van der Waals surface area (Å²) >= 11 is 6.92. The molecule has 58 heavy (non-hydrogen) atoms. The van der Waals surface area contributed by atoms with E-state index in [1.54, 1.807) is 29.0 Å². The highest BCUT2D eigenvalue weighted by Gasteiger charge is 2.26. The number of carbonyl (C=O) groups is 2. The van der Waals surface area contributed by atoms with Crippen LogP contribution in [0.5, 0.6) is 0 Å². The van der Waals surface area contributed by atoms with Gasteiger partial charge in [-0.05, 0) is 99.6 Å². The predicted octanol–water partition coefficient (Wildman–Crippen LogP) is 11.1. The number of aromatic nitrogens is 6. The highest BCUT2D eigenvalue weighted by atomic mass is 79.9. The number of pyridine rings is 2. The summed E-state index contributed by atoms with van der Waals surface area (Å²) in [7, 11) is 0. The number of ether oxygens (including phenoxy) is 2. The average molecular weight is 930 g/mol. The summed E-state index contributed by atoms with van der Waals surface area (Å²) in [6.45, 7) is 24.6. The lowest BCUT2D eigenvalue weighted by Crippen LogP contribution is -2.37. The Morgan fingerprint density at radius 3 is 1.69 bits per heavy atom. The summed E-state index contributed by atoms with van der Waals surface area (Å²) in [5, 5.41) is 14.3. The summed E-state index contributed by atoms with van der Waals surface area (Å²) in [6, 6.07) is 11.7. The smallest absolute Gasteiger partial charge is 0.410 e. The second kappa shape index (κ2) is 20.0. The maximum absolute atomic E-state index is 12.5. The molecular formula is C43H60Br2N8O5. The largest absolute Gasteiger partial charge is 0.618 e. The quantitative estimate of drug-likeness (QED) is 0.109. The van der Waals surface area contributed by atoms with Gasteiger partial charge in [-0.3, -0.25) is 4.98 Å². The van der Waals surface area contributed by atoms with Crippen molar-refractivity contribution in [2.75, 3.05) is 13.1 Å². The van der Waals surface area contributed by atoms with Gasteiger partial charge in [0.25, 0.3) is 0 Å². The standard InChI is InChI=1S/C20H25BrN4O3.C20H25BrN4O2.C2H6.CH4/c1-6-23(19(26)28-20(3,4)5)12-17-22-15-11-25(27)16-10-13(21)8-9-14(16)18(15)24(17)7-2;1-6-24(19(26)27-20(3,4)5)12-17-23-16-11-22-15-10-13(21)8-9-14(15)18(16)25(17)7-2;1-2;/h8-11H,6-7,12H2,1-5H3;8-11H,6-7,12H2,1-5H3;1-2H3;1H4/i;;1D;. The van der Waals surface area contributed by atoms with E-state index >= 15 is 0 Å². The Kier molecular flexibility index (Phi) is 15.9. The Balaban J connectivity index is 0.000000291. The fourth-order valence-corrected chi connectivity index (χ4v) is 7.02. The van der Waals surface area contributed by atoms with E-state index < -0.39 is 11.2 Å². The van der Waals surface area contributed by atoms with E-state index in [4.69, 9.17) is 15.8 Å². The fraction of sp³-hybridized carbons (Fsp3) is 0.488. The average Bonchev–Trinajstić information content (AvgIpc) is 3.68. The highest BCUT2D eigenvalue weighted by molar-refractivity contribution is 9.10. The van der Waals surface area contributed by atoms with Crippen molar-refractivity contribution in [1.82, 2.24) is 33.9 Å². The molecule has 0 spiro atoms. The molecule has 2 aromatic carbocycles. The van der Waals surface area contributed by atoms with E-state index in [0.717, 1.165) is 64.7 Å². The number of hydrogen-bond donors (Lipinski definition) is 0. The number of carbonyl (C=O) groups excluding carboxylic acids is 2. The third-order valence-electron chi connectivity index (χ3n) is 8.74. The number of amides is 2. The van der Waals surface area contributed by atoms with Crippen LogP contribution in [0.1, 0.15) is 104 Å². The molecule has 0 saturated heterocycles. The molecule has 0 bridgehead atoms. The molecular weight excluding hydrogens is 868 g/mol. The number of nitrogens with zero attached hydrogens (tertiary/aromatic N) is 8. The molecule has 316 valence electrons. The van der Waals surface area contributed by atoms with Crippen molar-refractivity contribution in [2.24, 2.45) is 0 Å². The second-order valence-electron chi connectivity index (χ2n) is 15.0. The molecule has 2 amide bonds. The molecule has 0 N–H and O–H groups in total. The van der Waals surface area contributed by atoms with Crippen molar-refractivity contribution in [3.05, 3.63) is 74.6 Å². The molecule has 0 saturated carbocycles. The van der Waals surface area contributed by atoms with Crippen LogP contribution in [0.15, 0.2) is 57.7 Å². The monoisotopic (exact) mass is 927 g/mol. The van der Waals surface area contributed by atoms with Gasteiger partial charge in [0.2, 0.25) is 11.7 Å². The first-order chi connectivity index (χ1) is 27.3. The molecule has 0 unspecified atom stereocenters. The molecule has 0 fully saturated rings. The Hall–Kier alpha value is -4.50. The van der Waals surface area contributed by atoms with E-state index in [0.29, 0.717) is 50.7 Å². The lowest BCUT2D eigenvalue weighted by atomic mass is 10.2. The molecule has 0 aliphatic heterocycles. The second-order valence-corrected chi connectivity index (χ2v) is 16.9. The number of halogens is 2. The molecule has 6 aromatic rings.